The summed E-state index contributed by atoms with van der Waals surface area (Å²) in [6.07, 6.45) is 2.50. The van der Waals surface area contributed by atoms with E-state index in [1.54, 1.807) is 0 Å². The standard InChI is InChI=1S/C19H29N3O2/c1-16(18-5-3-2-4-6-18)22(15-17-7-8-17)19(23)20-9-10-21-11-13-24-14-12-21/h2-6,16-17H,7-15H2,1H3,(H,20,23)/t16-/m0/s1. The van der Waals surface area contributed by atoms with Crippen LogP contribution in [-0.2, 0) is 4.74 Å². The number of morpholine rings is 1. The Morgan fingerprint density at radius 3 is 2.67 bits per heavy atom. The van der Waals surface area contributed by atoms with Crippen LogP contribution in [0.25, 0.3) is 0 Å². The van der Waals surface area contributed by atoms with Crippen LogP contribution < -0.4 is 5.32 Å². The summed E-state index contributed by atoms with van der Waals surface area (Å²) in [7, 11) is 0. The number of rotatable bonds is 7. The van der Waals surface area contributed by atoms with E-state index in [1.165, 1.54) is 18.4 Å². The number of urea groups is 1. The number of carbonyl (C=O) groups excluding carboxylic acids is 1. The molecule has 3 rings (SSSR count). The van der Waals surface area contributed by atoms with Crippen molar-refractivity contribution in [3.05, 3.63) is 35.9 Å². The SMILES string of the molecule is C[C@@H](c1ccccc1)N(CC1CC1)C(=O)NCCN1CCOCC1. The minimum Gasteiger partial charge on any atom is -0.379 e. The maximum atomic E-state index is 12.7. The zero-order chi connectivity index (χ0) is 16.8. The van der Waals surface area contributed by atoms with Crippen LogP contribution in [0, 0.1) is 5.92 Å². The first-order valence-corrected chi connectivity index (χ1v) is 9.13. The molecule has 24 heavy (non-hydrogen) atoms. The molecular formula is C19H29N3O2. The van der Waals surface area contributed by atoms with Crippen molar-refractivity contribution in [2.75, 3.05) is 45.9 Å². The van der Waals surface area contributed by atoms with Crippen LogP contribution in [-0.4, -0.2) is 61.8 Å². The van der Waals surface area contributed by atoms with Crippen molar-refractivity contribution in [3.63, 3.8) is 0 Å². The maximum absolute atomic E-state index is 12.7. The average molecular weight is 331 g/mol. The Hall–Kier alpha value is -1.59. The van der Waals surface area contributed by atoms with Crippen molar-refractivity contribution in [1.29, 1.82) is 0 Å². The van der Waals surface area contributed by atoms with Crippen LogP contribution in [0.1, 0.15) is 31.4 Å². The fraction of sp³-hybridized carbons (Fsp3) is 0.632. The highest BCUT2D eigenvalue weighted by molar-refractivity contribution is 5.74. The fourth-order valence-corrected chi connectivity index (χ4v) is 3.15. The van der Waals surface area contributed by atoms with Gasteiger partial charge in [0.1, 0.15) is 0 Å². The van der Waals surface area contributed by atoms with Gasteiger partial charge in [0.2, 0.25) is 0 Å². The molecular weight excluding hydrogens is 302 g/mol. The van der Waals surface area contributed by atoms with Crippen LogP contribution in [0.2, 0.25) is 0 Å². The van der Waals surface area contributed by atoms with Crippen molar-refractivity contribution in [1.82, 2.24) is 15.1 Å². The average Bonchev–Trinajstić information content (AvgIpc) is 3.45. The van der Waals surface area contributed by atoms with Gasteiger partial charge in [-0.15, -0.1) is 0 Å². The summed E-state index contributed by atoms with van der Waals surface area (Å²) < 4.78 is 5.36. The van der Waals surface area contributed by atoms with E-state index in [0.29, 0.717) is 12.5 Å². The summed E-state index contributed by atoms with van der Waals surface area (Å²) >= 11 is 0. The second kappa shape index (κ2) is 8.49. The van der Waals surface area contributed by atoms with Crippen LogP contribution in [0.4, 0.5) is 4.79 Å². The molecule has 0 aromatic heterocycles. The molecule has 0 unspecified atom stereocenters. The molecule has 1 atom stereocenters. The lowest BCUT2D eigenvalue weighted by Crippen LogP contribution is -2.46. The number of amides is 2. The minimum absolute atomic E-state index is 0.0616. The van der Waals surface area contributed by atoms with Gasteiger partial charge in [-0.3, -0.25) is 4.90 Å². The smallest absolute Gasteiger partial charge is 0.317 e. The molecule has 1 saturated carbocycles. The van der Waals surface area contributed by atoms with E-state index in [2.05, 4.69) is 29.3 Å². The summed E-state index contributed by atoms with van der Waals surface area (Å²) in [6.45, 7) is 8.09. The third kappa shape index (κ3) is 4.95. The van der Waals surface area contributed by atoms with Crippen molar-refractivity contribution < 1.29 is 9.53 Å². The number of ether oxygens (including phenoxy) is 1. The Bertz CT molecular complexity index is 513. The monoisotopic (exact) mass is 331 g/mol. The third-order valence-corrected chi connectivity index (χ3v) is 4.97. The number of hydrogen-bond acceptors (Lipinski definition) is 3. The largest absolute Gasteiger partial charge is 0.379 e. The van der Waals surface area contributed by atoms with E-state index < -0.39 is 0 Å². The Morgan fingerprint density at radius 1 is 1.29 bits per heavy atom. The van der Waals surface area contributed by atoms with Gasteiger partial charge in [-0.2, -0.15) is 0 Å². The van der Waals surface area contributed by atoms with Crippen molar-refractivity contribution in [2.24, 2.45) is 5.92 Å². The molecule has 132 valence electrons. The molecule has 2 fully saturated rings. The van der Waals surface area contributed by atoms with Gasteiger partial charge in [0.15, 0.2) is 0 Å². The number of nitrogens with one attached hydrogen (secondary N) is 1. The van der Waals surface area contributed by atoms with E-state index in [1.807, 2.05) is 23.1 Å². The number of carbonyl (C=O) groups is 1. The second-order valence-corrected chi connectivity index (χ2v) is 6.87. The Labute approximate surface area is 145 Å². The molecule has 5 nitrogen and oxygen atoms in total. The highest BCUT2D eigenvalue weighted by Crippen LogP contribution is 2.32. The van der Waals surface area contributed by atoms with E-state index in [4.69, 9.17) is 4.74 Å². The predicted molar refractivity (Wildman–Crippen MR) is 94.9 cm³/mol. The predicted octanol–water partition coefficient (Wildman–Crippen LogP) is 2.50. The first-order chi connectivity index (χ1) is 11.7. The van der Waals surface area contributed by atoms with Gasteiger partial charge in [-0.05, 0) is 31.2 Å². The van der Waals surface area contributed by atoms with Gasteiger partial charge in [-0.25, -0.2) is 4.79 Å². The Kier molecular flexibility index (Phi) is 6.10. The quantitative estimate of drug-likeness (QED) is 0.835. The van der Waals surface area contributed by atoms with E-state index in [-0.39, 0.29) is 12.1 Å². The molecule has 1 aromatic carbocycles. The number of hydrogen-bond donors (Lipinski definition) is 1. The summed E-state index contributed by atoms with van der Waals surface area (Å²) in [6, 6.07) is 10.5. The zero-order valence-corrected chi connectivity index (χ0v) is 14.6. The summed E-state index contributed by atoms with van der Waals surface area (Å²) in [5.74, 6) is 0.682. The first-order valence-electron chi connectivity index (χ1n) is 9.13. The molecule has 2 amide bonds. The molecule has 1 aromatic rings. The van der Waals surface area contributed by atoms with Gasteiger partial charge >= 0.3 is 6.03 Å². The Balaban J connectivity index is 1.52. The van der Waals surface area contributed by atoms with Crippen LogP contribution >= 0.6 is 0 Å². The zero-order valence-electron chi connectivity index (χ0n) is 14.6. The van der Waals surface area contributed by atoms with Gasteiger partial charge in [0.25, 0.3) is 0 Å². The maximum Gasteiger partial charge on any atom is 0.317 e. The van der Waals surface area contributed by atoms with Crippen molar-refractivity contribution in [2.45, 2.75) is 25.8 Å². The molecule has 0 spiro atoms. The molecule has 2 aliphatic rings. The topological polar surface area (TPSA) is 44.8 Å². The number of benzene rings is 1. The van der Waals surface area contributed by atoms with Gasteiger partial charge in [0, 0.05) is 32.7 Å². The molecule has 1 saturated heterocycles. The summed E-state index contributed by atoms with van der Waals surface area (Å²) in [5, 5.41) is 3.12. The lowest BCUT2D eigenvalue weighted by Gasteiger charge is -2.31. The van der Waals surface area contributed by atoms with Crippen LogP contribution in [0.15, 0.2) is 30.3 Å². The lowest BCUT2D eigenvalue weighted by molar-refractivity contribution is 0.0385. The Morgan fingerprint density at radius 2 is 2.00 bits per heavy atom. The van der Waals surface area contributed by atoms with Crippen LogP contribution in [0.5, 0.6) is 0 Å². The van der Waals surface area contributed by atoms with Gasteiger partial charge in [0.05, 0.1) is 19.3 Å². The van der Waals surface area contributed by atoms with Gasteiger partial charge in [-0.1, -0.05) is 30.3 Å². The summed E-state index contributed by atoms with van der Waals surface area (Å²) in [4.78, 5) is 17.1. The van der Waals surface area contributed by atoms with Crippen molar-refractivity contribution in [3.8, 4) is 0 Å². The minimum atomic E-state index is 0.0616. The molecule has 1 aliphatic carbocycles. The molecule has 5 heteroatoms. The van der Waals surface area contributed by atoms with Crippen molar-refractivity contribution >= 4 is 6.03 Å². The van der Waals surface area contributed by atoms with Gasteiger partial charge < -0.3 is 15.0 Å². The molecule has 0 radical (unpaired) electrons. The van der Waals surface area contributed by atoms with E-state index in [9.17, 15) is 4.79 Å². The first kappa shape index (κ1) is 17.2. The van der Waals surface area contributed by atoms with E-state index in [0.717, 1.165) is 39.4 Å². The highest BCUT2D eigenvalue weighted by atomic mass is 16.5. The lowest BCUT2D eigenvalue weighted by atomic mass is 10.1. The summed E-state index contributed by atoms with van der Waals surface area (Å²) in [5.41, 5.74) is 1.20. The number of nitrogens with zero attached hydrogens (tertiary/aromatic N) is 2. The van der Waals surface area contributed by atoms with Crippen LogP contribution in [0.3, 0.4) is 0 Å². The second-order valence-electron chi connectivity index (χ2n) is 6.87. The molecule has 1 heterocycles. The van der Waals surface area contributed by atoms with E-state index >= 15 is 0 Å². The molecule has 1 aliphatic heterocycles. The highest BCUT2D eigenvalue weighted by Gasteiger charge is 2.30. The normalized spacial score (nSPS) is 19.7. The fourth-order valence-electron chi connectivity index (χ4n) is 3.15. The molecule has 0 bridgehead atoms. The third-order valence-electron chi connectivity index (χ3n) is 4.97. The molecule has 1 N–H and O–H groups in total.